The molecule has 0 saturated heterocycles. The van der Waals surface area contributed by atoms with Crippen LogP contribution in [0.3, 0.4) is 0 Å². The number of amides is 1. The first-order valence-corrected chi connectivity index (χ1v) is 6.96. The largest absolute Gasteiger partial charge is 0.450 e. The molecule has 1 aliphatic heterocycles. The summed E-state index contributed by atoms with van der Waals surface area (Å²) in [6.45, 7) is 6.91. The zero-order chi connectivity index (χ0) is 14.8. The predicted molar refractivity (Wildman–Crippen MR) is 73.9 cm³/mol. The van der Waals surface area contributed by atoms with Crippen molar-refractivity contribution in [3.05, 3.63) is 23.5 Å². The van der Waals surface area contributed by atoms with Crippen LogP contribution in [0.2, 0.25) is 0 Å². The number of rotatable bonds is 2. The quantitative estimate of drug-likeness (QED) is 0.729. The molecule has 5 nitrogen and oxygen atoms in total. The molecule has 0 saturated carbocycles. The van der Waals surface area contributed by atoms with E-state index in [2.05, 4.69) is 6.92 Å². The van der Waals surface area contributed by atoms with Crippen molar-refractivity contribution in [1.29, 1.82) is 0 Å². The summed E-state index contributed by atoms with van der Waals surface area (Å²) in [5.41, 5.74) is 1.05. The Morgan fingerprint density at radius 3 is 2.85 bits per heavy atom. The van der Waals surface area contributed by atoms with Gasteiger partial charge in [-0.05, 0) is 25.0 Å². The molecule has 0 bridgehead atoms. The molecule has 0 aromatic heterocycles. The van der Waals surface area contributed by atoms with Crippen LogP contribution in [0.1, 0.15) is 33.6 Å². The Hall–Kier alpha value is -1.78. The van der Waals surface area contributed by atoms with E-state index in [0.717, 1.165) is 12.0 Å². The first-order valence-electron chi connectivity index (χ1n) is 6.96. The summed E-state index contributed by atoms with van der Waals surface area (Å²) >= 11 is 0. The normalized spacial score (nSPS) is 25.2. The monoisotopic (exact) mass is 279 g/mol. The van der Waals surface area contributed by atoms with Crippen LogP contribution >= 0.6 is 0 Å². The van der Waals surface area contributed by atoms with Gasteiger partial charge in [0.1, 0.15) is 5.76 Å². The Labute approximate surface area is 119 Å². The number of allylic oxidation sites excluding steroid dienone is 2. The van der Waals surface area contributed by atoms with Gasteiger partial charge in [0.15, 0.2) is 0 Å². The fourth-order valence-electron chi connectivity index (χ4n) is 2.75. The van der Waals surface area contributed by atoms with Crippen LogP contribution < -0.4 is 0 Å². The van der Waals surface area contributed by atoms with Crippen molar-refractivity contribution < 1.29 is 19.1 Å². The van der Waals surface area contributed by atoms with Crippen molar-refractivity contribution in [2.24, 2.45) is 5.41 Å². The molecule has 20 heavy (non-hydrogen) atoms. The van der Waals surface area contributed by atoms with Gasteiger partial charge >= 0.3 is 12.1 Å². The van der Waals surface area contributed by atoms with Crippen molar-refractivity contribution in [2.45, 2.75) is 33.6 Å². The maximum Gasteiger partial charge on any atom is 0.410 e. The summed E-state index contributed by atoms with van der Waals surface area (Å²) in [5, 5.41) is 0. The average Bonchev–Trinajstić information content (AvgIpc) is 2.38. The molecular formula is C15H21NO4. The van der Waals surface area contributed by atoms with Gasteiger partial charge in [-0.25, -0.2) is 4.79 Å². The van der Waals surface area contributed by atoms with Gasteiger partial charge in [-0.1, -0.05) is 13.0 Å². The minimum atomic E-state index is -0.288. The zero-order valence-corrected chi connectivity index (χ0v) is 12.3. The second-order valence-corrected chi connectivity index (χ2v) is 5.50. The van der Waals surface area contributed by atoms with E-state index in [-0.39, 0.29) is 17.5 Å². The lowest BCUT2D eigenvalue weighted by Gasteiger charge is -2.42. The standard InChI is InChI=1S/C15H21NO4/c1-4-19-14(18)16-8-6-12-9-13(20-11(2)17)5-7-15(12,3)10-16/h6,9H,4-5,7-8,10H2,1-3H3. The molecule has 110 valence electrons. The molecule has 5 heteroatoms. The smallest absolute Gasteiger partial charge is 0.410 e. The molecule has 0 N–H and O–H groups in total. The van der Waals surface area contributed by atoms with E-state index < -0.39 is 0 Å². The SMILES string of the molecule is CCOC(=O)N1CC=C2C=C(OC(C)=O)CCC2(C)C1. The number of fused-ring (bicyclic) bond motifs is 1. The van der Waals surface area contributed by atoms with Crippen LogP contribution in [0.5, 0.6) is 0 Å². The third-order valence-electron chi connectivity index (χ3n) is 3.81. The number of carbonyl (C=O) groups is 2. The number of ether oxygens (including phenoxy) is 2. The Morgan fingerprint density at radius 2 is 2.20 bits per heavy atom. The average molecular weight is 279 g/mol. The number of nitrogens with zero attached hydrogens (tertiary/aromatic N) is 1. The number of carbonyl (C=O) groups excluding carboxylic acids is 2. The van der Waals surface area contributed by atoms with Crippen molar-refractivity contribution in [3.8, 4) is 0 Å². The second kappa shape index (κ2) is 5.69. The van der Waals surface area contributed by atoms with Crippen molar-refractivity contribution in [1.82, 2.24) is 4.90 Å². The van der Waals surface area contributed by atoms with Crippen molar-refractivity contribution >= 4 is 12.1 Å². The first kappa shape index (κ1) is 14.6. The van der Waals surface area contributed by atoms with Gasteiger partial charge in [0, 0.05) is 31.8 Å². The summed E-state index contributed by atoms with van der Waals surface area (Å²) < 4.78 is 10.2. The van der Waals surface area contributed by atoms with E-state index in [9.17, 15) is 9.59 Å². The highest BCUT2D eigenvalue weighted by Crippen LogP contribution is 2.42. The summed E-state index contributed by atoms with van der Waals surface area (Å²) in [4.78, 5) is 24.5. The van der Waals surface area contributed by atoms with E-state index in [0.29, 0.717) is 31.9 Å². The number of hydrogen-bond donors (Lipinski definition) is 0. The van der Waals surface area contributed by atoms with E-state index in [1.807, 2.05) is 12.2 Å². The molecular weight excluding hydrogens is 258 g/mol. The number of esters is 1. The van der Waals surface area contributed by atoms with Crippen LogP contribution in [-0.4, -0.2) is 36.7 Å². The molecule has 2 rings (SSSR count). The molecule has 1 atom stereocenters. The third-order valence-corrected chi connectivity index (χ3v) is 3.81. The highest BCUT2D eigenvalue weighted by molar-refractivity contribution is 5.69. The molecule has 2 aliphatic rings. The molecule has 1 amide bonds. The van der Waals surface area contributed by atoms with Crippen molar-refractivity contribution in [3.63, 3.8) is 0 Å². The van der Waals surface area contributed by atoms with Gasteiger partial charge in [-0.2, -0.15) is 0 Å². The van der Waals surface area contributed by atoms with Gasteiger partial charge in [0.05, 0.1) is 6.61 Å². The molecule has 0 radical (unpaired) electrons. The highest BCUT2D eigenvalue weighted by atomic mass is 16.6. The molecule has 0 aromatic rings. The molecule has 1 aliphatic carbocycles. The molecule has 1 unspecified atom stereocenters. The van der Waals surface area contributed by atoms with Gasteiger partial charge < -0.3 is 14.4 Å². The van der Waals surface area contributed by atoms with E-state index in [4.69, 9.17) is 9.47 Å². The number of hydrogen-bond acceptors (Lipinski definition) is 4. The lowest BCUT2D eigenvalue weighted by molar-refractivity contribution is -0.137. The van der Waals surface area contributed by atoms with Gasteiger partial charge in [-0.15, -0.1) is 0 Å². The van der Waals surface area contributed by atoms with Crippen LogP contribution in [-0.2, 0) is 14.3 Å². The fraction of sp³-hybridized carbons (Fsp3) is 0.600. The Morgan fingerprint density at radius 1 is 1.45 bits per heavy atom. The zero-order valence-electron chi connectivity index (χ0n) is 12.3. The molecule has 1 heterocycles. The molecule has 0 aromatic carbocycles. The predicted octanol–water partition coefficient (Wildman–Crippen LogP) is 2.63. The van der Waals surface area contributed by atoms with Gasteiger partial charge in [-0.3, -0.25) is 4.79 Å². The Kier molecular flexibility index (Phi) is 4.16. The first-order chi connectivity index (χ1) is 9.44. The summed E-state index contributed by atoms with van der Waals surface area (Å²) in [6.07, 6.45) is 5.26. The van der Waals surface area contributed by atoms with Crippen LogP contribution in [0.15, 0.2) is 23.5 Å². The van der Waals surface area contributed by atoms with Gasteiger partial charge in [0.25, 0.3) is 0 Å². The van der Waals surface area contributed by atoms with E-state index >= 15 is 0 Å². The molecule has 0 spiro atoms. The highest BCUT2D eigenvalue weighted by Gasteiger charge is 2.38. The minimum Gasteiger partial charge on any atom is -0.450 e. The van der Waals surface area contributed by atoms with E-state index in [1.165, 1.54) is 6.92 Å². The lowest BCUT2D eigenvalue weighted by Crippen LogP contribution is -2.45. The van der Waals surface area contributed by atoms with Crippen molar-refractivity contribution in [2.75, 3.05) is 19.7 Å². The fourth-order valence-corrected chi connectivity index (χ4v) is 2.75. The van der Waals surface area contributed by atoms with Crippen LogP contribution in [0.25, 0.3) is 0 Å². The maximum atomic E-state index is 11.8. The summed E-state index contributed by atoms with van der Waals surface area (Å²) in [5.74, 6) is 0.426. The Bertz CT molecular complexity index is 480. The van der Waals surface area contributed by atoms with E-state index in [1.54, 1.807) is 11.8 Å². The topological polar surface area (TPSA) is 55.8 Å². The van der Waals surface area contributed by atoms with Crippen LogP contribution in [0, 0.1) is 5.41 Å². The Balaban J connectivity index is 2.14. The second-order valence-electron chi connectivity index (χ2n) is 5.50. The summed E-state index contributed by atoms with van der Waals surface area (Å²) in [7, 11) is 0. The van der Waals surface area contributed by atoms with Crippen LogP contribution in [0.4, 0.5) is 4.79 Å². The van der Waals surface area contributed by atoms with Gasteiger partial charge in [0.2, 0.25) is 0 Å². The summed E-state index contributed by atoms with van der Waals surface area (Å²) in [6, 6.07) is 0. The molecule has 0 fully saturated rings. The third kappa shape index (κ3) is 3.03. The minimum absolute atomic E-state index is 0.0886. The lowest BCUT2D eigenvalue weighted by atomic mass is 9.72. The maximum absolute atomic E-state index is 11.8.